The van der Waals surface area contributed by atoms with Crippen molar-refractivity contribution in [3.63, 3.8) is 0 Å². The third-order valence-electron chi connectivity index (χ3n) is 3.27. The van der Waals surface area contributed by atoms with Gasteiger partial charge in [0.15, 0.2) is 5.52 Å². The number of nitrogens with two attached hydrogens (primary N) is 1. The Morgan fingerprint density at radius 3 is 2.59 bits per heavy atom. The molecule has 152 valence electrons. The molecule has 0 aliphatic carbocycles. The number of nitrogen functional groups attached to an aromatic ring is 1. The molecule has 0 fully saturated rings. The van der Waals surface area contributed by atoms with Gasteiger partial charge in [-0.1, -0.05) is 0 Å². The van der Waals surface area contributed by atoms with E-state index in [1.165, 1.54) is 18.2 Å². The zero-order chi connectivity index (χ0) is 19.9. The van der Waals surface area contributed by atoms with Crippen molar-refractivity contribution in [1.29, 1.82) is 0 Å². The Labute approximate surface area is 156 Å². The molecule has 0 aliphatic rings. The van der Waals surface area contributed by atoms with Crippen molar-refractivity contribution in [2.75, 3.05) is 45.6 Å². The van der Waals surface area contributed by atoms with E-state index in [-0.39, 0.29) is 44.6 Å². The summed E-state index contributed by atoms with van der Waals surface area (Å²) in [5.74, 6) is 0.207. The van der Waals surface area contributed by atoms with Gasteiger partial charge in [0.25, 0.3) is 0 Å². The first-order valence-corrected chi connectivity index (χ1v) is 9.97. The first-order valence-electron chi connectivity index (χ1n) is 8.24. The normalized spacial score (nSPS) is 13.0. The van der Waals surface area contributed by atoms with Crippen molar-refractivity contribution in [3.8, 4) is 5.88 Å². The maximum absolute atomic E-state index is 12.4. The quantitative estimate of drug-likeness (QED) is 0.473. The third-order valence-corrected chi connectivity index (χ3v) is 5.04. The molecule has 0 amide bonds. The molecule has 12 nitrogen and oxygen atoms in total. The average Bonchev–Trinajstić information content (AvgIpc) is 3.04. The molecule has 0 unspecified atom stereocenters. The molecule has 2 aromatic heterocycles. The van der Waals surface area contributed by atoms with Crippen molar-refractivity contribution in [3.05, 3.63) is 6.33 Å². The second-order valence-corrected chi connectivity index (χ2v) is 7.17. The number of hydrogen-bond donors (Lipinski definition) is 2. The van der Waals surface area contributed by atoms with Gasteiger partial charge in [0.2, 0.25) is 17.5 Å². The molecule has 0 radical (unpaired) electrons. The minimum atomic E-state index is -3.39. The zero-order valence-electron chi connectivity index (χ0n) is 15.4. The molecule has 13 heteroatoms. The largest absolute Gasteiger partial charge is 0.479 e. The number of fused-ring (bicyclic) bond motifs is 1. The van der Waals surface area contributed by atoms with Crippen LogP contribution in [0.5, 0.6) is 5.88 Å². The molecular weight excluding hydrogens is 381 g/mol. The SMILES string of the molecule is CCOP(=O)(CO[C@@H](CO)COn1cnc2c(OC)nc(N)nc21)OCC. The number of anilines is 1. The Morgan fingerprint density at radius 1 is 1.30 bits per heavy atom. The van der Waals surface area contributed by atoms with E-state index < -0.39 is 13.7 Å². The Balaban J connectivity index is 2.02. The highest BCUT2D eigenvalue weighted by atomic mass is 31.2. The van der Waals surface area contributed by atoms with Crippen molar-refractivity contribution in [2.45, 2.75) is 20.0 Å². The number of methoxy groups -OCH3 is 1. The summed E-state index contributed by atoms with van der Waals surface area (Å²) < 4.78 is 34.5. The Bertz CT molecular complexity index is 777. The standard InChI is InChI=1S/C14H24N5O7P/c1-4-25-27(21,26-5-2)9-23-10(6-20)7-24-19-8-16-11-12(19)17-14(15)18-13(11)22-3/h8,10,20H,4-7,9H2,1-3H3,(H2,15,17,18)/t10-/m0/s1. The van der Waals surface area contributed by atoms with Gasteiger partial charge < -0.3 is 34.2 Å². The molecule has 0 spiro atoms. The number of nitrogens with zero attached hydrogens (tertiary/aromatic N) is 4. The summed E-state index contributed by atoms with van der Waals surface area (Å²) in [7, 11) is -1.95. The smallest absolute Gasteiger partial charge is 0.356 e. The number of hydrogen-bond acceptors (Lipinski definition) is 11. The number of rotatable bonds is 12. The number of aliphatic hydroxyl groups is 1. The maximum atomic E-state index is 12.4. The van der Waals surface area contributed by atoms with Crippen LogP contribution in [0.15, 0.2) is 6.33 Å². The van der Waals surface area contributed by atoms with Crippen molar-refractivity contribution >= 4 is 24.7 Å². The van der Waals surface area contributed by atoms with Crippen LogP contribution in [-0.2, 0) is 18.3 Å². The molecule has 0 saturated carbocycles. The lowest BCUT2D eigenvalue weighted by Crippen LogP contribution is -2.30. The minimum absolute atomic E-state index is 0.00553. The van der Waals surface area contributed by atoms with Gasteiger partial charge in [0.05, 0.1) is 26.9 Å². The fourth-order valence-corrected chi connectivity index (χ4v) is 3.53. The van der Waals surface area contributed by atoms with E-state index in [4.69, 9.17) is 29.1 Å². The average molecular weight is 405 g/mol. The van der Waals surface area contributed by atoms with Crippen LogP contribution in [0.3, 0.4) is 0 Å². The van der Waals surface area contributed by atoms with Gasteiger partial charge in [-0.15, -0.1) is 0 Å². The van der Waals surface area contributed by atoms with Gasteiger partial charge in [-0.05, 0) is 13.8 Å². The van der Waals surface area contributed by atoms with Crippen LogP contribution >= 0.6 is 7.60 Å². The molecular formula is C14H24N5O7P. The Hall–Kier alpha value is -1.98. The molecule has 0 aliphatic heterocycles. The lowest BCUT2D eigenvalue weighted by atomic mass is 10.4. The van der Waals surface area contributed by atoms with Crippen LogP contribution in [0.2, 0.25) is 0 Å². The van der Waals surface area contributed by atoms with E-state index in [0.717, 1.165) is 0 Å². The number of aliphatic hydroxyl groups excluding tert-OH is 1. The highest BCUT2D eigenvalue weighted by Crippen LogP contribution is 2.48. The van der Waals surface area contributed by atoms with E-state index in [1.807, 2.05) is 0 Å². The fourth-order valence-electron chi connectivity index (χ4n) is 2.13. The van der Waals surface area contributed by atoms with Crippen LogP contribution in [0.1, 0.15) is 13.8 Å². The number of imidazole rings is 1. The van der Waals surface area contributed by atoms with Crippen LogP contribution in [0, 0.1) is 0 Å². The van der Waals surface area contributed by atoms with Crippen LogP contribution < -0.4 is 15.3 Å². The summed E-state index contributed by atoms with van der Waals surface area (Å²) in [6.07, 6.45) is 0.274. The number of ether oxygens (including phenoxy) is 2. The summed E-state index contributed by atoms with van der Waals surface area (Å²) in [6, 6.07) is 0. The highest BCUT2D eigenvalue weighted by molar-refractivity contribution is 7.53. The zero-order valence-corrected chi connectivity index (χ0v) is 16.3. The predicted octanol–water partition coefficient (Wildman–Crippen LogP) is 0.447. The maximum Gasteiger partial charge on any atom is 0.356 e. The molecule has 0 aromatic carbocycles. The van der Waals surface area contributed by atoms with Crippen molar-refractivity contribution < 1.29 is 33.0 Å². The van der Waals surface area contributed by atoms with E-state index >= 15 is 0 Å². The van der Waals surface area contributed by atoms with Crippen LogP contribution in [0.25, 0.3) is 11.2 Å². The molecule has 0 bridgehead atoms. The van der Waals surface area contributed by atoms with Crippen molar-refractivity contribution in [2.24, 2.45) is 0 Å². The summed E-state index contributed by atoms with van der Waals surface area (Å²) in [5, 5.41) is 9.48. The van der Waals surface area contributed by atoms with Crippen molar-refractivity contribution in [1.82, 2.24) is 19.7 Å². The summed E-state index contributed by atoms with van der Waals surface area (Å²) in [4.78, 5) is 17.6. The summed E-state index contributed by atoms with van der Waals surface area (Å²) in [5.41, 5.74) is 6.30. The second kappa shape index (κ2) is 9.81. The van der Waals surface area contributed by atoms with Crippen LogP contribution in [0.4, 0.5) is 5.95 Å². The highest BCUT2D eigenvalue weighted by Gasteiger charge is 2.26. The topological polar surface area (TPSA) is 153 Å². The fraction of sp³-hybridized carbons (Fsp3) is 0.643. The van der Waals surface area contributed by atoms with Crippen LogP contribution in [-0.4, -0.2) is 70.8 Å². The minimum Gasteiger partial charge on any atom is -0.479 e. The Morgan fingerprint density at radius 2 is 2.00 bits per heavy atom. The van der Waals surface area contributed by atoms with E-state index in [1.54, 1.807) is 13.8 Å². The first kappa shape index (κ1) is 21.3. The molecule has 2 aromatic rings. The van der Waals surface area contributed by atoms with Gasteiger partial charge in [0, 0.05) is 0 Å². The van der Waals surface area contributed by atoms with E-state index in [9.17, 15) is 9.67 Å². The van der Waals surface area contributed by atoms with Gasteiger partial charge in [-0.3, -0.25) is 4.57 Å². The van der Waals surface area contributed by atoms with Gasteiger partial charge in [-0.25, -0.2) is 4.98 Å². The molecule has 27 heavy (non-hydrogen) atoms. The molecule has 2 heterocycles. The lowest BCUT2D eigenvalue weighted by Gasteiger charge is -2.21. The second-order valence-electron chi connectivity index (χ2n) is 5.18. The molecule has 1 atom stereocenters. The monoisotopic (exact) mass is 405 g/mol. The van der Waals surface area contributed by atoms with Gasteiger partial charge in [-0.2, -0.15) is 14.7 Å². The molecule has 3 N–H and O–H groups in total. The van der Waals surface area contributed by atoms with Gasteiger partial charge in [0.1, 0.15) is 25.4 Å². The van der Waals surface area contributed by atoms with Gasteiger partial charge >= 0.3 is 7.60 Å². The lowest BCUT2D eigenvalue weighted by molar-refractivity contribution is -0.0345. The first-order chi connectivity index (χ1) is 13.0. The summed E-state index contributed by atoms with van der Waals surface area (Å²) >= 11 is 0. The summed E-state index contributed by atoms with van der Waals surface area (Å²) in [6.45, 7) is 3.38. The van der Waals surface area contributed by atoms with E-state index in [2.05, 4.69) is 15.0 Å². The number of aromatic nitrogens is 4. The Kier molecular flexibility index (Phi) is 7.75. The predicted molar refractivity (Wildman–Crippen MR) is 95.4 cm³/mol. The molecule has 2 rings (SSSR count). The van der Waals surface area contributed by atoms with E-state index in [0.29, 0.717) is 11.2 Å². The third kappa shape index (κ3) is 5.50. The molecule has 0 saturated heterocycles.